The molecule has 1 aliphatic rings. The van der Waals surface area contributed by atoms with E-state index in [0.717, 1.165) is 4.47 Å². The zero-order chi connectivity index (χ0) is 18.9. The Labute approximate surface area is 159 Å². The lowest BCUT2D eigenvalue weighted by Gasteiger charge is -2.28. The van der Waals surface area contributed by atoms with Gasteiger partial charge in [-0.1, -0.05) is 22.0 Å². The minimum atomic E-state index is -0.866. The van der Waals surface area contributed by atoms with Crippen molar-refractivity contribution in [1.29, 1.82) is 0 Å². The second-order valence-electron chi connectivity index (χ2n) is 6.41. The normalized spacial score (nSPS) is 15.8. The third kappa shape index (κ3) is 3.83. The SMILES string of the molecule is CC1(C)N=C(c2ccc(F)cc2)C(=O)N1CC(=O)Nc1cccc(Br)c1. The van der Waals surface area contributed by atoms with Crippen molar-refractivity contribution in [2.75, 3.05) is 11.9 Å². The molecule has 0 spiro atoms. The Morgan fingerprint density at radius 3 is 2.58 bits per heavy atom. The third-order valence-corrected chi connectivity index (χ3v) is 4.51. The number of amides is 2. The lowest BCUT2D eigenvalue weighted by atomic mass is 10.1. The smallest absolute Gasteiger partial charge is 0.275 e. The Balaban J connectivity index is 1.75. The van der Waals surface area contributed by atoms with Crippen molar-refractivity contribution in [3.8, 4) is 0 Å². The van der Waals surface area contributed by atoms with Crippen LogP contribution in [0, 0.1) is 5.82 Å². The molecular formula is C19H17BrFN3O2. The highest BCUT2D eigenvalue weighted by Gasteiger charge is 2.41. The van der Waals surface area contributed by atoms with Crippen molar-refractivity contribution in [3.63, 3.8) is 0 Å². The summed E-state index contributed by atoms with van der Waals surface area (Å²) in [5.74, 6) is -1.06. The number of aliphatic imine (C=N–C) groups is 1. The Morgan fingerprint density at radius 2 is 1.92 bits per heavy atom. The van der Waals surface area contributed by atoms with Gasteiger partial charge in [0.2, 0.25) is 5.91 Å². The number of rotatable bonds is 4. The zero-order valence-electron chi connectivity index (χ0n) is 14.3. The van der Waals surface area contributed by atoms with E-state index in [1.807, 2.05) is 6.07 Å². The quantitative estimate of drug-likeness (QED) is 0.825. The van der Waals surface area contributed by atoms with Crippen LogP contribution >= 0.6 is 15.9 Å². The number of carbonyl (C=O) groups excluding carboxylic acids is 2. The molecule has 0 aliphatic carbocycles. The van der Waals surface area contributed by atoms with E-state index in [0.29, 0.717) is 11.3 Å². The molecule has 0 saturated heterocycles. The summed E-state index contributed by atoms with van der Waals surface area (Å²) in [5, 5.41) is 2.77. The predicted molar refractivity (Wildman–Crippen MR) is 102 cm³/mol. The molecule has 2 amide bonds. The fourth-order valence-electron chi connectivity index (χ4n) is 2.73. The van der Waals surface area contributed by atoms with Crippen LogP contribution in [0.3, 0.4) is 0 Å². The monoisotopic (exact) mass is 417 g/mol. The number of nitrogens with one attached hydrogen (secondary N) is 1. The van der Waals surface area contributed by atoms with Gasteiger partial charge in [-0.05, 0) is 56.3 Å². The van der Waals surface area contributed by atoms with Gasteiger partial charge in [0.25, 0.3) is 5.91 Å². The van der Waals surface area contributed by atoms with Gasteiger partial charge in [-0.15, -0.1) is 0 Å². The van der Waals surface area contributed by atoms with Crippen LogP contribution in [0.4, 0.5) is 10.1 Å². The van der Waals surface area contributed by atoms with Gasteiger partial charge in [0, 0.05) is 15.7 Å². The van der Waals surface area contributed by atoms with Crippen LogP contribution in [-0.4, -0.2) is 34.6 Å². The summed E-state index contributed by atoms with van der Waals surface area (Å²) >= 11 is 3.35. The number of nitrogens with zero attached hydrogens (tertiary/aromatic N) is 2. The van der Waals surface area contributed by atoms with Crippen molar-refractivity contribution in [2.24, 2.45) is 4.99 Å². The lowest BCUT2D eigenvalue weighted by Crippen LogP contribution is -2.46. The van der Waals surface area contributed by atoms with E-state index >= 15 is 0 Å². The maximum atomic E-state index is 13.1. The molecule has 3 rings (SSSR count). The predicted octanol–water partition coefficient (Wildman–Crippen LogP) is 3.59. The van der Waals surface area contributed by atoms with Gasteiger partial charge in [0.05, 0.1) is 0 Å². The average molecular weight is 418 g/mol. The molecule has 0 unspecified atom stereocenters. The van der Waals surface area contributed by atoms with E-state index in [1.54, 1.807) is 32.0 Å². The van der Waals surface area contributed by atoms with Crippen LogP contribution in [0.25, 0.3) is 0 Å². The van der Waals surface area contributed by atoms with E-state index in [9.17, 15) is 14.0 Å². The van der Waals surface area contributed by atoms with Gasteiger partial charge >= 0.3 is 0 Å². The Kier molecular flexibility index (Phi) is 4.91. The summed E-state index contributed by atoms with van der Waals surface area (Å²) in [7, 11) is 0. The van der Waals surface area contributed by atoms with Gasteiger partial charge in [0.15, 0.2) is 0 Å². The fraction of sp³-hybridized carbons (Fsp3) is 0.211. The number of halogens is 2. The molecule has 1 N–H and O–H groups in total. The van der Waals surface area contributed by atoms with E-state index in [1.165, 1.54) is 29.2 Å². The molecule has 26 heavy (non-hydrogen) atoms. The lowest BCUT2D eigenvalue weighted by molar-refractivity contribution is -0.131. The van der Waals surface area contributed by atoms with Crippen LogP contribution in [0.1, 0.15) is 19.4 Å². The zero-order valence-corrected chi connectivity index (χ0v) is 15.9. The number of anilines is 1. The topological polar surface area (TPSA) is 61.8 Å². The number of hydrogen-bond acceptors (Lipinski definition) is 3. The summed E-state index contributed by atoms with van der Waals surface area (Å²) in [6.07, 6.45) is 0. The van der Waals surface area contributed by atoms with Crippen LogP contribution < -0.4 is 5.32 Å². The highest BCUT2D eigenvalue weighted by atomic mass is 79.9. The van der Waals surface area contributed by atoms with E-state index in [-0.39, 0.29) is 29.9 Å². The molecule has 0 saturated carbocycles. The van der Waals surface area contributed by atoms with Crippen molar-refractivity contribution in [2.45, 2.75) is 19.5 Å². The maximum Gasteiger partial charge on any atom is 0.275 e. The van der Waals surface area contributed by atoms with Crippen molar-refractivity contribution in [3.05, 3.63) is 64.4 Å². The summed E-state index contributed by atoms with van der Waals surface area (Å²) < 4.78 is 14.0. The third-order valence-electron chi connectivity index (χ3n) is 4.02. The van der Waals surface area contributed by atoms with Gasteiger partial charge < -0.3 is 10.2 Å². The first-order valence-electron chi connectivity index (χ1n) is 7.99. The first kappa shape index (κ1) is 18.3. The Morgan fingerprint density at radius 1 is 1.23 bits per heavy atom. The molecule has 7 heteroatoms. The highest BCUT2D eigenvalue weighted by molar-refractivity contribution is 9.10. The highest BCUT2D eigenvalue weighted by Crippen LogP contribution is 2.26. The summed E-state index contributed by atoms with van der Waals surface area (Å²) in [5.41, 5.74) is 0.521. The summed E-state index contributed by atoms with van der Waals surface area (Å²) in [6.45, 7) is 3.38. The summed E-state index contributed by atoms with van der Waals surface area (Å²) in [6, 6.07) is 12.8. The van der Waals surface area contributed by atoms with Crippen LogP contribution in [-0.2, 0) is 9.59 Å². The first-order chi connectivity index (χ1) is 12.3. The van der Waals surface area contributed by atoms with Gasteiger partial charge in [-0.3, -0.25) is 14.6 Å². The Bertz CT molecular complexity index is 894. The first-order valence-corrected chi connectivity index (χ1v) is 8.79. The maximum absolute atomic E-state index is 13.1. The van der Waals surface area contributed by atoms with E-state index in [2.05, 4.69) is 26.2 Å². The van der Waals surface area contributed by atoms with Crippen LogP contribution in [0.5, 0.6) is 0 Å². The minimum Gasteiger partial charge on any atom is -0.325 e. The van der Waals surface area contributed by atoms with Crippen LogP contribution in [0.15, 0.2) is 58.0 Å². The van der Waals surface area contributed by atoms with E-state index in [4.69, 9.17) is 0 Å². The second kappa shape index (κ2) is 6.99. The standard InChI is InChI=1S/C19H17BrFN3O2/c1-19(2)23-17(12-6-8-14(21)9-7-12)18(26)24(19)11-16(25)22-15-5-3-4-13(20)10-15/h3-10H,11H2,1-2H3,(H,22,25). The van der Waals surface area contributed by atoms with Crippen LogP contribution in [0.2, 0.25) is 0 Å². The number of carbonyl (C=O) groups is 2. The fourth-order valence-corrected chi connectivity index (χ4v) is 3.13. The van der Waals surface area contributed by atoms with Gasteiger partial charge in [-0.25, -0.2) is 4.39 Å². The molecule has 0 bridgehead atoms. The molecule has 2 aromatic rings. The van der Waals surface area contributed by atoms with Crippen molar-refractivity contribution < 1.29 is 14.0 Å². The largest absolute Gasteiger partial charge is 0.325 e. The molecule has 0 radical (unpaired) electrons. The Hall–Kier alpha value is -2.54. The van der Waals surface area contributed by atoms with Gasteiger partial charge in [0.1, 0.15) is 23.7 Å². The average Bonchev–Trinajstić information content (AvgIpc) is 2.79. The molecular weight excluding hydrogens is 401 g/mol. The molecule has 5 nitrogen and oxygen atoms in total. The molecule has 0 aromatic heterocycles. The molecule has 1 heterocycles. The van der Waals surface area contributed by atoms with Gasteiger partial charge in [-0.2, -0.15) is 0 Å². The minimum absolute atomic E-state index is 0.132. The molecule has 0 atom stereocenters. The molecule has 2 aromatic carbocycles. The number of benzene rings is 2. The molecule has 1 aliphatic heterocycles. The van der Waals surface area contributed by atoms with E-state index < -0.39 is 5.66 Å². The summed E-state index contributed by atoms with van der Waals surface area (Å²) in [4.78, 5) is 31.0. The number of hydrogen-bond donors (Lipinski definition) is 1. The molecule has 134 valence electrons. The van der Waals surface area contributed by atoms with Crippen molar-refractivity contribution in [1.82, 2.24) is 4.90 Å². The second-order valence-corrected chi connectivity index (χ2v) is 7.33. The van der Waals surface area contributed by atoms with Crippen molar-refractivity contribution >= 4 is 39.1 Å². The molecule has 0 fully saturated rings.